The Morgan fingerprint density at radius 1 is 1.18 bits per heavy atom. The van der Waals surface area contributed by atoms with Gasteiger partial charge in [-0.25, -0.2) is 6.07 Å². The Hall–Kier alpha value is 0.204. The van der Waals surface area contributed by atoms with Gasteiger partial charge >= 0.3 is 0 Å². The number of unbranched alkanes of at least 4 members (excludes halogenated alkanes) is 2. The van der Waals surface area contributed by atoms with Crippen molar-refractivity contribution in [3.05, 3.63) is 68.3 Å². The van der Waals surface area contributed by atoms with Gasteiger partial charge in [0.15, 0.2) is 0 Å². The van der Waals surface area contributed by atoms with E-state index in [1.807, 2.05) is 6.07 Å². The van der Waals surface area contributed by atoms with Crippen LogP contribution in [0.3, 0.4) is 0 Å². The molecule has 28 heavy (non-hydrogen) atoms. The van der Waals surface area contributed by atoms with E-state index >= 15 is 0 Å². The van der Waals surface area contributed by atoms with Crippen LogP contribution in [0.1, 0.15) is 79.9 Å². The van der Waals surface area contributed by atoms with Crippen molar-refractivity contribution in [1.29, 1.82) is 0 Å². The van der Waals surface area contributed by atoms with Crippen molar-refractivity contribution < 1.29 is 37.8 Å². The molecule has 2 unspecified atom stereocenters. The van der Waals surface area contributed by atoms with Crippen LogP contribution in [0.25, 0.3) is 0 Å². The molecule has 1 nitrogen and oxygen atoms in total. The summed E-state index contributed by atoms with van der Waals surface area (Å²) < 4.78 is 1.34. The first-order chi connectivity index (χ1) is 13.2. The van der Waals surface area contributed by atoms with Crippen molar-refractivity contribution in [3.63, 3.8) is 0 Å². The summed E-state index contributed by atoms with van der Waals surface area (Å²) in [6, 6.07) is 12.9. The van der Waals surface area contributed by atoms with Crippen LogP contribution in [0.2, 0.25) is 0 Å². The van der Waals surface area contributed by atoms with E-state index in [2.05, 4.69) is 64.6 Å². The average Bonchev–Trinajstić information content (AvgIpc) is 3.32. The van der Waals surface area contributed by atoms with E-state index < -0.39 is 0 Å². The Morgan fingerprint density at radius 2 is 1.96 bits per heavy atom. The van der Waals surface area contributed by atoms with Gasteiger partial charge in [0, 0.05) is 38.6 Å². The maximum Gasteiger partial charge on any atom is 0.0790 e. The Labute approximate surface area is 208 Å². The summed E-state index contributed by atoms with van der Waals surface area (Å²) in [6.07, 6.45) is 11.2. The quantitative estimate of drug-likeness (QED) is 0.246. The number of benzene rings is 1. The summed E-state index contributed by atoms with van der Waals surface area (Å²) in [5, 5.41) is 13.6. The fraction of sp³-hybridized carbons (Fsp3) is 0.500. The number of thiophene rings is 1. The Balaban J connectivity index is 0.00000280. The van der Waals surface area contributed by atoms with Gasteiger partial charge in [0.2, 0.25) is 0 Å². The van der Waals surface area contributed by atoms with E-state index in [4.69, 9.17) is 0 Å². The molecule has 149 valence electrons. The third kappa shape index (κ3) is 7.16. The van der Waals surface area contributed by atoms with Gasteiger partial charge in [-0.05, 0) is 40.8 Å². The molecule has 0 amide bonds. The van der Waals surface area contributed by atoms with Crippen LogP contribution < -0.4 is 0 Å². The molecule has 3 rings (SSSR count). The summed E-state index contributed by atoms with van der Waals surface area (Å²) in [4.78, 5) is 1.44. The van der Waals surface area contributed by atoms with E-state index in [0.717, 1.165) is 31.2 Å². The zero-order valence-corrected chi connectivity index (χ0v) is 22.0. The standard InChI is InChI=1S/C24H30BrOS.Y/c1-2-3-4-10-24(26)19-13-11-18(12-14-19)23-17-21(25)16-20(23)7-5-8-22-9-6-15-27-22;/h6,9,11-14,17,20,23-24,26H,2-5,7-8,10,16H2,1H3;/q-1;/t20-,23?,24?;/m0./s1. The van der Waals surface area contributed by atoms with Crippen molar-refractivity contribution in [1.82, 2.24) is 0 Å². The molecule has 0 bridgehead atoms. The van der Waals surface area contributed by atoms with Crippen LogP contribution in [-0.4, -0.2) is 5.11 Å². The molecule has 0 fully saturated rings. The molecule has 1 aromatic heterocycles. The number of aryl methyl sites for hydroxylation is 1. The van der Waals surface area contributed by atoms with E-state index in [1.54, 1.807) is 11.3 Å². The molecule has 1 aromatic carbocycles. The molecule has 2 aromatic rings. The molecule has 0 aliphatic heterocycles. The predicted molar refractivity (Wildman–Crippen MR) is 119 cm³/mol. The van der Waals surface area contributed by atoms with E-state index in [0.29, 0.717) is 11.8 Å². The van der Waals surface area contributed by atoms with Gasteiger partial charge in [-0.2, -0.15) is 6.07 Å². The van der Waals surface area contributed by atoms with Crippen LogP contribution in [0, 0.1) is 11.3 Å². The number of aliphatic hydroxyl groups is 1. The molecule has 1 N–H and O–H groups in total. The molecular weight excluding hydrogens is 505 g/mol. The molecule has 0 saturated carbocycles. The molecule has 1 aliphatic carbocycles. The Morgan fingerprint density at radius 3 is 2.64 bits per heavy atom. The predicted octanol–water partition coefficient (Wildman–Crippen LogP) is 7.56. The van der Waals surface area contributed by atoms with E-state index in [9.17, 15) is 5.11 Å². The van der Waals surface area contributed by atoms with Crippen molar-refractivity contribution in [2.75, 3.05) is 0 Å². The van der Waals surface area contributed by atoms with Gasteiger partial charge < -0.3 is 16.4 Å². The molecule has 4 heteroatoms. The zero-order chi connectivity index (χ0) is 19.1. The van der Waals surface area contributed by atoms with Gasteiger partial charge in [-0.1, -0.05) is 85.3 Å². The first-order valence-electron chi connectivity index (χ1n) is 10.3. The van der Waals surface area contributed by atoms with Crippen LogP contribution in [-0.2, 0) is 39.1 Å². The molecule has 0 spiro atoms. The number of hydrogen-bond donors (Lipinski definition) is 1. The Kier molecular flexibility index (Phi) is 11.2. The van der Waals surface area contributed by atoms with Gasteiger partial charge in [-0.15, -0.1) is 10.3 Å². The number of hydrogen-bond acceptors (Lipinski definition) is 2. The number of allylic oxidation sites excluding steroid dienone is 2. The summed E-state index contributed by atoms with van der Waals surface area (Å²) in [7, 11) is 0. The summed E-state index contributed by atoms with van der Waals surface area (Å²) in [5.41, 5.74) is 2.44. The minimum absolute atomic E-state index is 0. The summed E-state index contributed by atoms with van der Waals surface area (Å²) >= 11 is 5.48. The topological polar surface area (TPSA) is 20.2 Å². The molecule has 1 aliphatic rings. The minimum Gasteiger partial charge on any atom is -0.388 e. The third-order valence-corrected chi connectivity index (χ3v) is 7.08. The fourth-order valence-corrected chi connectivity index (χ4v) is 5.44. The fourth-order valence-electron chi connectivity index (χ4n) is 4.06. The second-order valence-electron chi connectivity index (χ2n) is 7.69. The number of halogens is 1. The maximum absolute atomic E-state index is 10.4. The summed E-state index contributed by atoms with van der Waals surface area (Å²) in [5.74, 6) is 1.16. The van der Waals surface area contributed by atoms with Crippen molar-refractivity contribution in [3.8, 4) is 0 Å². The smallest absolute Gasteiger partial charge is 0.0790 e. The largest absolute Gasteiger partial charge is 0.388 e. The molecule has 1 radical (unpaired) electrons. The zero-order valence-electron chi connectivity index (χ0n) is 16.7. The number of rotatable bonds is 10. The second kappa shape index (κ2) is 12.8. The van der Waals surface area contributed by atoms with E-state index in [1.165, 1.54) is 40.6 Å². The van der Waals surface area contributed by atoms with Gasteiger partial charge in [0.25, 0.3) is 0 Å². The monoisotopic (exact) mass is 534 g/mol. The normalized spacial score (nSPS) is 19.9. The average molecular weight is 535 g/mol. The third-order valence-electron chi connectivity index (χ3n) is 5.64. The second-order valence-corrected chi connectivity index (χ2v) is 9.68. The van der Waals surface area contributed by atoms with Crippen molar-refractivity contribution in [2.45, 2.75) is 70.3 Å². The van der Waals surface area contributed by atoms with Gasteiger partial charge in [0.05, 0.1) is 6.10 Å². The number of aliphatic hydroxyl groups excluding tert-OH is 1. The molecule has 0 saturated heterocycles. The van der Waals surface area contributed by atoms with Crippen LogP contribution >= 0.6 is 27.3 Å². The SMILES string of the molecule is CCCCCC(O)c1ccc(C2C=C(Br)C[C@@H]2CCCc2cc[c-]s2)cc1.[Y]. The first kappa shape index (κ1) is 24.5. The molecule has 3 atom stereocenters. The first-order valence-corrected chi connectivity index (χ1v) is 11.9. The van der Waals surface area contributed by atoms with Crippen molar-refractivity contribution >= 4 is 27.3 Å². The van der Waals surface area contributed by atoms with Gasteiger partial charge in [-0.3, -0.25) is 0 Å². The van der Waals surface area contributed by atoms with E-state index in [-0.39, 0.29) is 38.8 Å². The van der Waals surface area contributed by atoms with Gasteiger partial charge in [0.1, 0.15) is 0 Å². The molecule has 1 heterocycles. The minimum atomic E-state index is -0.324. The van der Waals surface area contributed by atoms with Crippen LogP contribution in [0.5, 0.6) is 0 Å². The van der Waals surface area contributed by atoms with Crippen LogP contribution in [0.4, 0.5) is 0 Å². The Bertz CT molecular complexity index is 711. The van der Waals surface area contributed by atoms with Crippen molar-refractivity contribution in [2.24, 2.45) is 5.92 Å². The molecular formula is C24H30BrOSY-. The summed E-state index contributed by atoms with van der Waals surface area (Å²) in [6.45, 7) is 2.20. The van der Waals surface area contributed by atoms with Crippen LogP contribution in [0.15, 0.2) is 47.0 Å². The maximum atomic E-state index is 10.4.